The average Bonchev–Trinajstić information content (AvgIpc) is 3.22. The maximum absolute atomic E-state index is 12.4. The van der Waals surface area contributed by atoms with E-state index in [1.54, 1.807) is 13.8 Å². The Labute approximate surface area is 170 Å². The number of imidazole rings is 1. The van der Waals surface area contributed by atoms with Gasteiger partial charge in [0.15, 0.2) is 29.9 Å². The molecule has 1 saturated heterocycles. The molecule has 3 heterocycles. The summed E-state index contributed by atoms with van der Waals surface area (Å²) < 4.78 is 28.8. The van der Waals surface area contributed by atoms with Crippen molar-refractivity contribution in [2.24, 2.45) is 11.7 Å². The first-order chi connectivity index (χ1) is 14.0. The molecular formula is C15H23N6O8P. The first kappa shape index (κ1) is 22.5. The fraction of sp³-hybridized carbons (Fsp3) is 0.600. The summed E-state index contributed by atoms with van der Waals surface area (Å²) in [5, 5.41) is 9.72. The molecular weight excluding hydrogens is 423 g/mol. The van der Waals surface area contributed by atoms with Crippen LogP contribution in [0.3, 0.4) is 0 Å². The Kier molecular flexibility index (Phi) is 6.38. The zero-order valence-corrected chi connectivity index (χ0v) is 17.0. The molecule has 0 aliphatic carbocycles. The van der Waals surface area contributed by atoms with Gasteiger partial charge in [-0.1, -0.05) is 13.8 Å². The van der Waals surface area contributed by atoms with Gasteiger partial charge >= 0.3 is 13.8 Å². The van der Waals surface area contributed by atoms with Crippen LogP contribution < -0.4 is 11.5 Å². The van der Waals surface area contributed by atoms with Gasteiger partial charge in [-0.05, 0) is 5.92 Å². The number of nitrogens with zero attached hydrogens (tertiary/aromatic N) is 4. The van der Waals surface area contributed by atoms with Crippen molar-refractivity contribution in [3.05, 3.63) is 12.7 Å². The Bertz CT molecular complexity index is 964. The van der Waals surface area contributed by atoms with Crippen molar-refractivity contribution in [1.29, 1.82) is 0 Å². The molecule has 0 bridgehead atoms. The quantitative estimate of drug-likeness (QED) is 0.246. The molecule has 0 saturated carbocycles. The van der Waals surface area contributed by atoms with E-state index in [0.717, 1.165) is 0 Å². The molecule has 0 spiro atoms. The highest BCUT2D eigenvalue weighted by molar-refractivity contribution is 7.46. The summed E-state index contributed by atoms with van der Waals surface area (Å²) in [4.78, 5) is 43.1. The van der Waals surface area contributed by atoms with E-state index < -0.39 is 51.0 Å². The Morgan fingerprint density at radius 2 is 2.03 bits per heavy atom. The van der Waals surface area contributed by atoms with Crippen LogP contribution in [-0.2, 0) is 23.4 Å². The molecule has 3 rings (SSSR count). The predicted molar refractivity (Wildman–Crippen MR) is 100 cm³/mol. The second kappa shape index (κ2) is 8.51. The summed E-state index contributed by atoms with van der Waals surface area (Å²) in [5.74, 6) is -1.02. The number of phosphoric acid groups is 1. The third-order valence-corrected chi connectivity index (χ3v) is 5.15. The molecule has 5 atom stereocenters. The van der Waals surface area contributed by atoms with E-state index in [4.69, 9.17) is 25.5 Å². The number of aliphatic hydroxyl groups excluding tert-OH is 1. The summed E-state index contributed by atoms with van der Waals surface area (Å²) in [5.41, 5.74) is 12.0. The number of aromatic nitrogens is 4. The van der Waals surface area contributed by atoms with Crippen molar-refractivity contribution in [2.45, 2.75) is 44.4 Å². The standard InChI is InChI=1S/C15H23N6O8P/c1-6(2)8(16)15(23)28-10-7(3-22)27-14(11(10)29-30(24,25)26)21-5-20-9-12(17)18-4-19-13(9)21/h4-8,10-11,14,22H,3,16H2,1-2H3,(H2,17,18,19)(H2,24,25,26)/t7-,8+,10-,11-,14-/m1/s1. The number of phosphoric ester groups is 1. The Morgan fingerprint density at radius 3 is 2.63 bits per heavy atom. The molecule has 0 aromatic carbocycles. The lowest BCUT2D eigenvalue weighted by Gasteiger charge is -2.26. The molecule has 1 fully saturated rings. The van der Waals surface area contributed by atoms with Crippen LogP contribution >= 0.6 is 7.82 Å². The van der Waals surface area contributed by atoms with Crippen molar-refractivity contribution in [2.75, 3.05) is 12.3 Å². The van der Waals surface area contributed by atoms with Crippen LogP contribution in [0, 0.1) is 5.92 Å². The lowest BCUT2D eigenvalue weighted by atomic mass is 10.1. The summed E-state index contributed by atoms with van der Waals surface area (Å²) in [6, 6.07) is -0.999. The highest BCUT2D eigenvalue weighted by Crippen LogP contribution is 2.46. The molecule has 14 nitrogen and oxygen atoms in total. The van der Waals surface area contributed by atoms with Gasteiger partial charge in [0.25, 0.3) is 0 Å². The largest absolute Gasteiger partial charge is 0.470 e. The van der Waals surface area contributed by atoms with E-state index in [2.05, 4.69) is 15.0 Å². The van der Waals surface area contributed by atoms with Crippen LogP contribution in [0.15, 0.2) is 12.7 Å². The van der Waals surface area contributed by atoms with Crippen molar-refractivity contribution in [1.82, 2.24) is 19.5 Å². The molecule has 7 N–H and O–H groups in total. The van der Waals surface area contributed by atoms with Crippen molar-refractivity contribution in [3.63, 3.8) is 0 Å². The van der Waals surface area contributed by atoms with Crippen LogP contribution in [0.25, 0.3) is 11.2 Å². The van der Waals surface area contributed by atoms with Crippen LogP contribution in [-0.4, -0.2) is 71.3 Å². The zero-order chi connectivity index (χ0) is 22.2. The monoisotopic (exact) mass is 446 g/mol. The number of esters is 1. The van der Waals surface area contributed by atoms with Gasteiger partial charge in [0, 0.05) is 0 Å². The number of carbonyl (C=O) groups excluding carboxylic acids is 1. The minimum absolute atomic E-state index is 0.0776. The number of nitrogen functional groups attached to an aromatic ring is 1. The summed E-state index contributed by atoms with van der Waals surface area (Å²) >= 11 is 0. The van der Waals surface area contributed by atoms with Gasteiger partial charge in [-0.2, -0.15) is 0 Å². The number of hydrogen-bond acceptors (Lipinski definition) is 11. The second-order valence-corrected chi connectivity index (χ2v) is 8.25. The van der Waals surface area contributed by atoms with Gasteiger partial charge in [0.05, 0.1) is 12.9 Å². The Balaban J connectivity index is 2.00. The molecule has 30 heavy (non-hydrogen) atoms. The lowest BCUT2D eigenvalue weighted by Crippen LogP contribution is -2.45. The first-order valence-electron chi connectivity index (χ1n) is 8.92. The summed E-state index contributed by atoms with van der Waals surface area (Å²) in [6.45, 7) is 2.78. The number of carbonyl (C=O) groups is 1. The first-order valence-corrected chi connectivity index (χ1v) is 10.5. The van der Waals surface area contributed by atoms with E-state index in [-0.39, 0.29) is 22.9 Å². The minimum Gasteiger partial charge on any atom is -0.455 e. The van der Waals surface area contributed by atoms with Crippen LogP contribution in [0.4, 0.5) is 5.82 Å². The maximum atomic E-state index is 12.4. The number of aliphatic hydroxyl groups is 1. The highest BCUT2D eigenvalue weighted by Gasteiger charge is 2.52. The van der Waals surface area contributed by atoms with E-state index in [1.807, 2.05) is 0 Å². The third kappa shape index (κ3) is 4.44. The van der Waals surface area contributed by atoms with Crippen LogP contribution in [0.1, 0.15) is 20.1 Å². The van der Waals surface area contributed by atoms with E-state index in [0.29, 0.717) is 0 Å². The number of rotatable bonds is 7. The maximum Gasteiger partial charge on any atom is 0.470 e. The predicted octanol–water partition coefficient (Wildman–Crippen LogP) is -1.33. The normalized spacial score (nSPS) is 25.7. The fourth-order valence-corrected chi connectivity index (χ4v) is 3.57. The molecule has 166 valence electrons. The molecule has 0 amide bonds. The SMILES string of the molecule is CC(C)[C@H](N)C(=O)O[C@H]1[C@@H](OP(=O)(O)O)[C@H](n2cnc3c(N)ncnc32)O[C@@H]1CO. The molecule has 2 aromatic heterocycles. The Hall–Kier alpha value is -2.19. The van der Waals surface area contributed by atoms with Gasteiger partial charge in [-0.15, -0.1) is 0 Å². The number of nitrogens with two attached hydrogens (primary N) is 2. The molecule has 1 aliphatic rings. The molecule has 15 heteroatoms. The van der Waals surface area contributed by atoms with Gasteiger partial charge < -0.3 is 35.8 Å². The number of fused-ring (bicyclic) bond motifs is 1. The minimum atomic E-state index is -5.06. The number of hydrogen-bond donors (Lipinski definition) is 5. The summed E-state index contributed by atoms with van der Waals surface area (Å²) in [7, 11) is -5.06. The molecule has 2 aromatic rings. The van der Waals surface area contributed by atoms with Crippen LogP contribution in [0.5, 0.6) is 0 Å². The fourth-order valence-electron chi connectivity index (χ4n) is 3.03. The summed E-state index contributed by atoms with van der Waals surface area (Å²) in [6.07, 6.45) is -2.88. The highest BCUT2D eigenvalue weighted by atomic mass is 31.2. The smallest absolute Gasteiger partial charge is 0.455 e. The van der Waals surface area contributed by atoms with Crippen molar-refractivity contribution < 1.29 is 38.3 Å². The van der Waals surface area contributed by atoms with Gasteiger partial charge in [0.1, 0.15) is 24.0 Å². The second-order valence-electron chi connectivity index (χ2n) is 7.06. The Morgan fingerprint density at radius 1 is 1.33 bits per heavy atom. The van der Waals surface area contributed by atoms with E-state index in [1.165, 1.54) is 17.2 Å². The van der Waals surface area contributed by atoms with Crippen molar-refractivity contribution in [3.8, 4) is 0 Å². The van der Waals surface area contributed by atoms with Crippen molar-refractivity contribution >= 4 is 30.8 Å². The van der Waals surface area contributed by atoms with Gasteiger partial charge in [-0.25, -0.2) is 19.5 Å². The third-order valence-electron chi connectivity index (χ3n) is 4.63. The van der Waals surface area contributed by atoms with Gasteiger partial charge in [-0.3, -0.25) is 13.9 Å². The average molecular weight is 446 g/mol. The van der Waals surface area contributed by atoms with E-state index >= 15 is 0 Å². The number of anilines is 1. The molecule has 0 unspecified atom stereocenters. The van der Waals surface area contributed by atoms with Gasteiger partial charge in [0.2, 0.25) is 0 Å². The molecule has 0 radical (unpaired) electrons. The molecule has 1 aliphatic heterocycles. The number of ether oxygens (including phenoxy) is 2. The zero-order valence-electron chi connectivity index (χ0n) is 16.1. The lowest BCUT2D eigenvalue weighted by molar-refractivity contribution is -0.159. The van der Waals surface area contributed by atoms with E-state index in [9.17, 15) is 24.3 Å². The topological polar surface area (TPSA) is 218 Å². The van der Waals surface area contributed by atoms with Crippen LogP contribution in [0.2, 0.25) is 0 Å².